The fourth-order valence-corrected chi connectivity index (χ4v) is 2.27. The highest BCUT2D eigenvalue weighted by molar-refractivity contribution is 9.09. The van der Waals surface area contributed by atoms with Crippen LogP contribution in [0.3, 0.4) is 0 Å². The zero-order valence-electron chi connectivity index (χ0n) is 9.88. The molecule has 0 spiro atoms. The molecule has 0 radical (unpaired) electrons. The van der Waals surface area contributed by atoms with Crippen LogP contribution in [-0.2, 0) is 4.74 Å². The maximum Gasteiger partial charge on any atom is 0.253 e. The number of alkyl halides is 1. The van der Waals surface area contributed by atoms with Crippen LogP contribution >= 0.6 is 27.5 Å². The third-order valence-corrected chi connectivity index (χ3v) is 3.11. The lowest BCUT2D eigenvalue weighted by molar-refractivity contribution is 0.0895. The van der Waals surface area contributed by atoms with E-state index in [0.29, 0.717) is 6.61 Å². The monoisotopic (exact) mass is 337 g/mol. The molecule has 0 saturated carbocycles. The highest BCUT2D eigenvalue weighted by atomic mass is 79.9. The lowest BCUT2D eigenvalue weighted by Crippen LogP contribution is -2.38. The summed E-state index contributed by atoms with van der Waals surface area (Å²) in [4.78, 5) is 11.9. The molecule has 1 unspecified atom stereocenters. The average molecular weight is 339 g/mol. The summed E-state index contributed by atoms with van der Waals surface area (Å²) in [5.41, 5.74) is 0.258. The molecule has 0 aliphatic rings. The Morgan fingerprint density at radius 1 is 1.61 bits per heavy atom. The molecular weight excluding hydrogens is 324 g/mol. The Morgan fingerprint density at radius 2 is 2.33 bits per heavy atom. The van der Waals surface area contributed by atoms with Gasteiger partial charge in [-0.25, -0.2) is 4.39 Å². The lowest BCUT2D eigenvalue weighted by atomic mass is 10.1. The molecule has 18 heavy (non-hydrogen) atoms. The largest absolute Gasteiger partial charge is 0.383 e. The van der Waals surface area contributed by atoms with Gasteiger partial charge >= 0.3 is 0 Å². The second-order valence-electron chi connectivity index (χ2n) is 3.73. The zero-order chi connectivity index (χ0) is 13.5. The number of carbonyl (C=O) groups is 1. The minimum atomic E-state index is -0.467. The first-order valence-corrected chi connectivity index (χ1v) is 6.89. The lowest BCUT2D eigenvalue weighted by Gasteiger charge is -2.17. The fraction of sp³-hybridized carbons (Fsp3) is 0.417. The molecule has 100 valence electrons. The van der Waals surface area contributed by atoms with E-state index >= 15 is 0 Å². The first-order chi connectivity index (χ1) is 8.58. The second-order valence-corrected chi connectivity index (χ2v) is 4.93. The molecule has 3 nitrogen and oxygen atoms in total. The number of methoxy groups -OCH3 is 1. The number of halogens is 3. The first-order valence-electron chi connectivity index (χ1n) is 5.39. The minimum absolute atomic E-state index is 0.0995. The van der Waals surface area contributed by atoms with E-state index in [1.807, 2.05) is 0 Å². The van der Waals surface area contributed by atoms with Crippen LogP contribution in [0.1, 0.15) is 16.8 Å². The van der Waals surface area contributed by atoms with E-state index in [9.17, 15) is 9.18 Å². The van der Waals surface area contributed by atoms with Crippen LogP contribution in [0.2, 0.25) is 5.02 Å². The van der Waals surface area contributed by atoms with Crippen molar-refractivity contribution in [2.24, 2.45) is 0 Å². The summed E-state index contributed by atoms with van der Waals surface area (Å²) in [6.45, 7) is 0.413. The van der Waals surface area contributed by atoms with Crippen LogP contribution in [0.4, 0.5) is 4.39 Å². The molecule has 0 heterocycles. The summed E-state index contributed by atoms with van der Waals surface area (Å²) >= 11 is 9.13. The predicted octanol–water partition coefficient (Wildman–Crippen LogP) is 3.01. The number of nitrogens with one attached hydrogen (secondary N) is 1. The minimum Gasteiger partial charge on any atom is -0.383 e. The Kier molecular flexibility index (Phi) is 6.60. The molecule has 1 aromatic carbocycles. The Balaban J connectivity index is 2.73. The van der Waals surface area contributed by atoms with Gasteiger partial charge in [0.05, 0.1) is 23.2 Å². The average Bonchev–Trinajstić information content (AvgIpc) is 2.29. The molecule has 0 bridgehead atoms. The summed E-state index contributed by atoms with van der Waals surface area (Å²) in [6, 6.07) is 3.58. The van der Waals surface area contributed by atoms with Gasteiger partial charge in [-0.3, -0.25) is 4.79 Å². The van der Waals surface area contributed by atoms with Crippen molar-refractivity contribution in [1.82, 2.24) is 5.32 Å². The molecule has 0 aromatic heterocycles. The molecule has 1 aromatic rings. The molecule has 1 rings (SSSR count). The first kappa shape index (κ1) is 15.4. The number of hydrogen-bond donors (Lipinski definition) is 1. The van der Waals surface area contributed by atoms with Gasteiger partial charge in [-0.1, -0.05) is 27.5 Å². The zero-order valence-corrected chi connectivity index (χ0v) is 12.2. The highest BCUT2D eigenvalue weighted by Crippen LogP contribution is 2.17. The number of hydrogen-bond acceptors (Lipinski definition) is 2. The summed E-state index contributed by atoms with van der Waals surface area (Å²) in [5, 5.41) is 3.64. The molecule has 1 atom stereocenters. The van der Waals surface area contributed by atoms with Crippen LogP contribution in [0, 0.1) is 5.82 Å². The van der Waals surface area contributed by atoms with E-state index in [-0.39, 0.29) is 22.5 Å². The van der Waals surface area contributed by atoms with Crippen molar-refractivity contribution >= 4 is 33.4 Å². The molecule has 1 N–H and O–H groups in total. The number of rotatable bonds is 6. The van der Waals surface area contributed by atoms with Crippen molar-refractivity contribution in [3.63, 3.8) is 0 Å². The Bertz CT molecular complexity index is 411. The summed E-state index contributed by atoms with van der Waals surface area (Å²) < 4.78 is 17.9. The van der Waals surface area contributed by atoms with E-state index in [2.05, 4.69) is 21.2 Å². The molecule has 0 fully saturated rings. The van der Waals surface area contributed by atoms with E-state index in [4.69, 9.17) is 16.3 Å². The standard InChI is InChI=1S/C12H14BrClFNO2/c1-18-7-9(4-5-13)16-12(17)10-3-2-8(15)6-11(10)14/h2-3,6,9H,4-5,7H2,1H3,(H,16,17). The fourth-order valence-electron chi connectivity index (χ4n) is 1.47. The molecule has 0 aliphatic heterocycles. The van der Waals surface area contributed by atoms with Crippen molar-refractivity contribution < 1.29 is 13.9 Å². The van der Waals surface area contributed by atoms with Crippen LogP contribution in [0.25, 0.3) is 0 Å². The maximum atomic E-state index is 12.9. The van der Waals surface area contributed by atoms with E-state index in [1.165, 1.54) is 12.1 Å². The maximum absolute atomic E-state index is 12.9. The summed E-state index contributed by atoms with van der Waals surface area (Å²) in [7, 11) is 1.57. The van der Waals surface area contributed by atoms with Gasteiger partial charge in [0.1, 0.15) is 5.82 Å². The highest BCUT2D eigenvalue weighted by Gasteiger charge is 2.15. The van der Waals surface area contributed by atoms with Gasteiger partial charge < -0.3 is 10.1 Å². The second kappa shape index (κ2) is 7.71. The van der Waals surface area contributed by atoms with Crippen molar-refractivity contribution in [3.8, 4) is 0 Å². The van der Waals surface area contributed by atoms with Crippen LogP contribution in [0.5, 0.6) is 0 Å². The molecular formula is C12H14BrClFNO2. The van der Waals surface area contributed by atoms with Gasteiger partial charge in [0, 0.05) is 12.4 Å². The van der Waals surface area contributed by atoms with Gasteiger partial charge in [0.15, 0.2) is 0 Å². The van der Waals surface area contributed by atoms with Crippen molar-refractivity contribution in [1.29, 1.82) is 0 Å². The number of ether oxygens (including phenoxy) is 1. The quantitative estimate of drug-likeness (QED) is 0.810. The Hall–Kier alpha value is -0.650. The molecule has 1 amide bonds. The third kappa shape index (κ3) is 4.55. The summed E-state index contributed by atoms with van der Waals surface area (Å²) in [6.07, 6.45) is 0.735. The van der Waals surface area contributed by atoms with Crippen molar-refractivity contribution in [2.45, 2.75) is 12.5 Å². The predicted molar refractivity (Wildman–Crippen MR) is 73.0 cm³/mol. The van der Waals surface area contributed by atoms with E-state index in [1.54, 1.807) is 7.11 Å². The van der Waals surface area contributed by atoms with Crippen molar-refractivity contribution in [3.05, 3.63) is 34.6 Å². The topological polar surface area (TPSA) is 38.3 Å². The van der Waals surface area contributed by atoms with Gasteiger partial charge in [0.2, 0.25) is 0 Å². The number of carbonyl (C=O) groups excluding carboxylic acids is 1. The van der Waals surface area contributed by atoms with Crippen LogP contribution in [-0.4, -0.2) is 31.0 Å². The SMILES string of the molecule is COCC(CCBr)NC(=O)c1ccc(F)cc1Cl. The van der Waals surface area contributed by atoms with Gasteiger partial charge in [-0.2, -0.15) is 0 Å². The Morgan fingerprint density at radius 3 is 2.89 bits per heavy atom. The Labute approximate surface area is 119 Å². The summed E-state index contributed by atoms with van der Waals surface area (Å²) in [5.74, 6) is -0.798. The molecule has 0 saturated heterocycles. The van der Waals surface area contributed by atoms with Crippen LogP contribution < -0.4 is 5.32 Å². The number of amides is 1. The van der Waals surface area contributed by atoms with Gasteiger partial charge in [0.25, 0.3) is 5.91 Å². The van der Waals surface area contributed by atoms with E-state index < -0.39 is 5.82 Å². The van der Waals surface area contributed by atoms with Crippen LogP contribution in [0.15, 0.2) is 18.2 Å². The van der Waals surface area contributed by atoms with Crippen molar-refractivity contribution in [2.75, 3.05) is 19.0 Å². The number of benzene rings is 1. The normalized spacial score (nSPS) is 12.2. The smallest absolute Gasteiger partial charge is 0.253 e. The van der Waals surface area contributed by atoms with Gasteiger partial charge in [-0.15, -0.1) is 0 Å². The van der Waals surface area contributed by atoms with Gasteiger partial charge in [-0.05, 0) is 24.6 Å². The van der Waals surface area contributed by atoms with E-state index in [0.717, 1.165) is 17.8 Å². The molecule has 0 aliphatic carbocycles. The molecule has 6 heteroatoms. The third-order valence-electron chi connectivity index (χ3n) is 2.34.